The van der Waals surface area contributed by atoms with Gasteiger partial charge in [0, 0.05) is 26.7 Å². The molecule has 8 heteroatoms. The highest BCUT2D eigenvalue weighted by atomic mass is 16.6. The van der Waals surface area contributed by atoms with Crippen molar-refractivity contribution in [3.8, 4) is 5.75 Å². The molecule has 2 rings (SSSR count). The van der Waals surface area contributed by atoms with Gasteiger partial charge in [0.05, 0.1) is 5.69 Å². The SMILES string of the molecule is CN(C)C(=O)c1ccc2c(c1)N(C)C(=O)C(NC(=O)OC(C)(C)C)CO2. The van der Waals surface area contributed by atoms with Gasteiger partial charge in [-0.3, -0.25) is 9.59 Å². The van der Waals surface area contributed by atoms with Crippen LogP contribution in [0.1, 0.15) is 31.1 Å². The normalized spacial score (nSPS) is 16.9. The van der Waals surface area contributed by atoms with Crippen LogP contribution in [-0.2, 0) is 9.53 Å². The number of amides is 3. The zero-order chi connectivity index (χ0) is 19.6. The Hall–Kier alpha value is -2.77. The Bertz CT molecular complexity index is 724. The number of hydrogen-bond acceptors (Lipinski definition) is 5. The van der Waals surface area contributed by atoms with E-state index in [0.29, 0.717) is 17.0 Å². The van der Waals surface area contributed by atoms with Crippen molar-refractivity contribution in [2.24, 2.45) is 0 Å². The van der Waals surface area contributed by atoms with E-state index in [9.17, 15) is 14.4 Å². The number of nitrogens with one attached hydrogen (secondary N) is 1. The number of alkyl carbamates (subject to hydrolysis) is 1. The Balaban J connectivity index is 2.22. The highest BCUT2D eigenvalue weighted by Gasteiger charge is 2.32. The van der Waals surface area contributed by atoms with Crippen LogP contribution in [0.25, 0.3) is 0 Å². The molecule has 1 aromatic carbocycles. The minimum Gasteiger partial charge on any atom is -0.489 e. The first-order valence-electron chi connectivity index (χ1n) is 8.25. The molecule has 3 amide bonds. The molecule has 0 aromatic heterocycles. The molecule has 0 aliphatic carbocycles. The van der Waals surface area contributed by atoms with Crippen LogP contribution in [0, 0.1) is 0 Å². The lowest BCUT2D eigenvalue weighted by Gasteiger charge is -2.24. The number of carbonyl (C=O) groups is 3. The Morgan fingerprint density at radius 3 is 2.54 bits per heavy atom. The number of ether oxygens (including phenoxy) is 2. The number of rotatable bonds is 2. The Morgan fingerprint density at radius 1 is 1.31 bits per heavy atom. The van der Waals surface area contributed by atoms with E-state index in [2.05, 4.69) is 5.32 Å². The largest absolute Gasteiger partial charge is 0.489 e. The third kappa shape index (κ3) is 4.44. The maximum absolute atomic E-state index is 12.7. The van der Waals surface area contributed by atoms with E-state index in [-0.39, 0.29) is 18.4 Å². The highest BCUT2D eigenvalue weighted by molar-refractivity contribution is 6.02. The summed E-state index contributed by atoms with van der Waals surface area (Å²) in [4.78, 5) is 39.7. The second-order valence-electron chi connectivity index (χ2n) is 7.29. The smallest absolute Gasteiger partial charge is 0.408 e. The monoisotopic (exact) mass is 363 g/mol. The molecule has 0 spiro atoms. The number of nitrogens with zero attached hydrogens (tertiary/aromatic N) is 2. The van der Waals surface area contributed by atoms with Crippen molar-refractivity contribution in [3.05, 3.63) is 23.8 Å². The lowest BCUT2D eigenvalue weighted by Crippen LogP contribution is -2.50. The standard InChI is InChI=1S/C18H25N3O5/c1-18(2,3)26-17(24)19-12-10-25-14-8-7-11(15(22)20(4)5)9-13(14)21(6)16(12)23/h7-9,12H,10H2,1-6H3,(H,19,24). The Kier molecular flexibility index (Phi) is 5.44. The molecule has 0 radical (unpaired) electrons. The number of carbonyl (C=O) groups excluding carboxylic acids is 3. The van der Waals surface area contributed by atoms with Crippen LogP contribution in [0.15, 0.2) is 18.2 Å². The molecule has 26 heavy (non-hydrogen) atoms. The van der Waals surface area contributed by atoms with Gasteiger partial charge in [-0.1, -0.05) is 0 Å². The van der Waals surface area contributed by atoms with E-state index in [1.54, 1.807) is 60.1 Å². The second-order valence-corrected chi connectivity index (χ2v) is 7.29. The molecule has 142 valence electrons. The molecule has 1 aliphatic rings. The van der Waals surface area contributed by atoms with Crippen LogP contribution < -0.4 is 15.0 Å². The molecule has 1 heterocycles. The topological polar surface area (TPSA) is 88.2 Å². The zero-order valence-corrected chi connectivity index (χ0v) is 16.0. The predicted molar refractivity (Wildman–Crippen MR) is 96.5 cm³/mol. The first-order chi connectivity index (χ1) is 12.0. The summed E-state index contributed by atoms with van der Waals surface area (Å²) in [5.74, 6) is -0.0740. The average molecular weight is 363 g/mol. The van der Waals surface area contributed by atoms with Crippen molar-refractivity contribution in [1.29, 1.82) is 0 Å². The van der Waals surface area contributed by atoms with Crippen molar-refractivity contribution < 1.29 is 23.9 Å². The third-order valence-electron chi connectivity index (χ3n) is 3.70. The molecule has 8 nitrogen and oxygen atoms in total. The summed E-state index contributed by atoms with van der Waals surface area (Å²) in [6.45, 7) is 5.19. The summed E-state index contributed by atoms with van der Waals surface area (Å²) < 4.78 is 10.9. The van der Waals surface area contributed by atoms with E-state index >= 15 is 0 Å². The number of hydrogen-bond donors (Lipinski definition) is 1. The van der Waals surface area contributed by atoms with E-state index in [0.717, 1.165) is 0 Å². The van der Waals surface area contributed by atoms with Crippen LogP contribution in [0.3, 0.4) is 0 Å². The maximum Gasteiger partial charge on any atom is 0.408 e. The molecule has 1 aliphatic heterocycles. The van der Waals surface area contributed by atoms with Crippen LogP contribution in [0.2, 0.25) is 0 Å². The maximum atomic E-state index is 12.7. The van der Waals surface area contributed by atoms with Gasteiger partial charge in [-0.25, -0.2) is 4.79 Å². The molecule has 1 aromatic rings. The molecule has 1 atom stereocenters. The van der Waals surface area contributed by atoms with Crippen molar-refractivity contribution in [2.75, 3.05) is 32.6 Å². The number of likely N-dealkylation sites (N-methyl/N-ethyl adjacent to an activating group) is 1. The van der Waals surface area contributed by atoms with Crippen LogP contribution in [0.4, 0.5) is 10.5 Å². The van der Waals surface area contributed by atoms with Crippen molar-refractivity contribution in [1.82, 2.24) is 10.2 Å². The lowest BCUT2D eigenvalue weighted by molar-refractivity contribution is -0.120. The van der Waals surface area contributed by atoms with E-state index in [4.69, 9.17) is 9.47 Å². The Labute approximate surface area is 153 Å². The molecular formula is C18H25N3O5. The second kappa shape index (κ2) is 7.23. The van der Waals surface area contributed by atoms with Gasteiger partial charge >= 0.3 is 6.09 Å². The van der Waals surface area contributed by atoms with Crippen LogP contribution >= 0.6 is 0 Å². The summed E-state index contributed by atoms with van der Waals surface area (Å²) in [5.41, 5.74) is 0.237. The molecule has 0 saturated heterocycles. The van der Waals surface area contributed by atoms with E-state index < -0.39 is 17.7 Å². The third-order valence-corrected chi connectivity index (χ3v) is 3.70. The summed E-state index contributed by atoms with van der Waals surface area (Å²) in [6, 6.07) is 3.99. The summed E-state index contributed by atoms with van der Waals surface area (Å²) in [6.07, 6.45) is -0.692. The quantitative estimate of drug-likeness (QED) is 0.863. The van der Waals surface area contributed by atoms with Gasteiger partial charge in [-0.05, 0) is 39.0 Å². The van der Waals surface area contributed by atoms with Gasteiger partial charge in [-0.2, -0.15) is 0 Å². The molecule has 0 bridgehead atoms. The number of fused-ring (bicyclic) bond motifs is 1. The Morgan fingerprint density at radius 2 is 1.96 bits per heavy atom. The zero-order valence-electron chi connectivity index (χ0n) is 16.0. The number of anilines is 1. The van der Waals surface area contributed by atoms with E-state index in [1.807, 2.05) is 0 Å². The molecular weight excluding hydrogens is 338 g/mol. The number of benzene rings is 1. The summed E-state index contributed by atoms with van der Waals surface area (Å²) >= 11 is 0. The van der Waals surface area contributed by atoms with Crippen LogP contribution in [0.5, 0.6) is 5.75 Å². The molecule has 1 N–H and O–H groups in total. The fraction of sp³-hybridized carbons (Fsp3) is 0.500. The molecule has 1 unspecified atom stereocenters. The minimum atomic E-state index is -0.893. The molecule has 0 saturated carbocycles. The van der Waals surface area contributed by atoms with Crippen molar-refractivity contribution in [2.45, 2.75) is 32.4 Å². The van der Waals surface area contributed by atoms with Gasteiger partial charge in [0.2, 0.25) is 0 Å². The lowest BCUT2D eigenvalue weighted by atomic mass is 10.1. The van der Waals surface area contributed by atoms with Gasteiger partial charge in [-0.15, -0.1) is 0 Å². The van der Waals surface area contributed by atoms with Gasteiger partial charge in [0.25, 0.3) is 11.8 Å². The van der Waals surface area contributed by atoms with Gasteiger partial charge in [0.15, 0.2) is 0 Å². The highest BCUT2D eigenvalue weighted by Crippen LogP contribution is 2.32. The summed E-state index contributed by atoms with van der Waals surface area (Å²) in [7, 11) is 4.88. The van der Waals surface area contributed by atoms with Gasteiger partial charge in [0.1, 0.15) is 24.0 Å². The average Bonchev–Trinajstić information content (AvgIpc) is 2.64. The fourth-order valence-corrected chi connectivity index (χ4v) is 2.44. The molecule has 0 fully saturated rings. The van der Waals surface area contributed by atoms with E-state index in [1.165, 1.54) is 9.80 Å². The first kappa shape index (κ1) is 19.6. The predicted octanol–water partition coefficient (Wildman–Crippen LogP) is 1.64. The fourth-order valence-electron chi connectivity index (χ4n) is 2.44. The van der Waals surface area contributed by atoms with Crippen molar-refractivity contribution >= 4 is 23.6 Å². The summed E-state index contributed by atoms with van der Waals surface area (Å²) in [5, 5.41) is 2.53. The van der Waals surface area contributed by atoms with Crippen LogP contribution in [-0.4, -0.2) is 62.2 Å². The van der Waals surface area contributed by atoms with Gasteiger partial charge < -0.3 is 24.6 Å². The minimum absolute atomic E-state index is 0.0314. The first-order valence-corrected chi connectivity index (χ1v) is 8.25. The van der Waals surface area contributed by atoms with Crippen molar-refractivity contribution in [3.63, 3.8) is 0 Å².